The number of imide groups is 1. The smallest absolute Gasteiger partial charge is 0.418 e. The second-order valence-corrected chi connectivity index (χ2v) is 7.31. The number of carbonyl (C=O) groups is 4. The van der Waals surface area contributed by atoms with Crippen LogP contribution in [0.1, 0.15) is 23.1 Å². The number of aryl methyl sites for hydroxylation is 1. The van der Waals surface area contributed by atoms with Crippen LogP contribution in [0.3, 0.4) is 0 Å². The van der Waals surface area contributed by atoms with E-state index in [1.165, 1.54) is 7.05 Å². The van der Waals surface area contributed by atoms with Gasteiger partial charge >= 0.3 is 18.1 Å². The van der Waals surface area contributed by atoms with Crippen LogP contribution in [0.15, 0.2) is 48.5 Å². The van der Waals surface area contributed by atoms with Gasteiger partial charge < -0.3 is 20.1 Å². The summed E-state index contributed by atoms with van der Waals surface area (Å²) in [7, 11) is 1.51. The molecule has 0 aromatic heterocycles. The van der Waals surface area contributed by atoms with E-state index in [9.17, 15) is 19.2 Å². The molecule has 2 aliphatic rings. The first-order chi connectivity index (χ1) is 14.9. The van der Waals surface area contributed by atoms with E-state index < -0.39 is 30.1 Å². The normalized spacial score (nSPS) is 19.2. The molecule has 0 bridgehead atoms. The van der Waals surface area contributed by atoms with Crippen molar-refractivity contribution in [1.29, 1.82) is 0 Å². The van der Waals surface area contributed by atoms with Crippen LogP contribution < -0.4 is 10.6 Å². The molecule has 160 valence electrons. The SMILES string of the molecule is CNC(=O)Nc1ccc2c(c1)CC[C@@]21OC(=O)N(CC(=O)OCc2ccccc2)C1=O. The maximum atomic E-state index is 13.1. The Balaban J connectivity index is 1.46. The Kier molecular flexibility index (Phi) is 5.33. The number of hydrogen-bond donors (Lipinski definition) is 2. The monoisotopic (exact) mass is 423 g/mol. The predicted molar refractivity (Wildman–Crippen MR) is 109 cm³/mol. The third kappa shape index (κ3) is 3.81. The molecule has 2 aromatic rings. The highest BCUT2D eigenvalue weighted by Crippen LogP contribution is 2.45. The van der Waals surface area contributed by atoms with Crippen molar-refractivity contribution in [3.05, 3.63) is 65.2 Å². The summed E-state index contributed by atoms with van der Waals surface area (Å²) in [4.78, 5) is 50.1. The summed E-state index contributed by atoms with van der Waals surface area (Å²) < 4.78 is 10.7. The molecule has 2 N–H and O–H groups in total. The Morgan fingerprint density at radius 1 is 1.16 bits per heavy atom. The van der Waals surface area contributed by atoms with Gasteiger partial charge in [-0.1, -0.05) is 36.4 Å². The first kappa shape index (κ1) is 20.4. The fourth-order valence-electron chi connectivity index (χ4n) is 3.84. The van der Waals surface area contributed by atoms with Crippen LogP contribution in [0.4, 0.5) is 15.3 Å². The molecule has 0 radical (unpaired) electrons. The molecule has 0 saturated carbocycles. The average Bonchev–Trinajstić information content (AvgIpc) is 3.25. The van der Waals surface area contributed by atoms with E-state index in [0.717, 1.165) is 16.0 Å². The van der Waals surface area contributed by atoms with Crippen molar-refractivity contribution in [3.63, 3.8) is 0 Å². The molecule has 31 heavy (non-hydrogen) atoms. The standard InChI is InChI=1S/C22H21N3O6/c1-23-20(28)24-16-7-8-17-15(11-16)9-10-22(17)19(27)25(21(29)31-22)12-18(26)30-13-14-5-3-2-4-6-14/h2-8,11H,9-10,12-13H2,1H3,(H2,23,24,28)/t22-/m1/s1. The Hall–Kier alpha value is -3.88. The molecule has 1 atom stereocenters. The average molecular weight is 423 g/mol. The van der Waals surface area contributed by atoms with Crippen molar-refractivity contribution in [2.75, 3.05) is 18.9 Å². The molecule has 9 heteroatoms. The van der Waals surface area contributed by atoms with E-state index in [1.807, 2.05) is 18.2 Å². The van der Waals surface area contributed by atoms with Crippen molar-refractivity contribution in [3.8, 4) is 0 Å². The predicted octanol–water partition coefficient (Wildman–Crippen LogP) is 2.30. The van der Waals surface area contributed by atoms with Gasteiger partial charge in [0.15, 0.2) is 0 Å². The summed E-state index contributed by atoms with van der Waals surface area (Å²) in [6, 6.07) is 13.8. The molecule has 1 aliphatic heterocycles. The number of hydrogen-bond acceptors (Lipinski definition) is 6. The molecule has 1 spiro atoms. The Morgan fingerprint density at radius 3 is 2.68 bits per heavy atom. The molecule has 4 rings (SSSR count). The van der Waals surface area contributed by atoms with E-state index in [2.05, 4.69) is 10.6 Å². The van der Waals surface area contributed by atoms with Crippen LogP contribution in [-0.2, 0) is 37.7 Å². The maximum Gasteiger partial charge on any atom is 0.418 e. The van der Waals surface area contributed by atoms with E-state index in [1.54, 1.807) is 30.3 Å². The van der Waals surface area contributed by atoms with Gasteiger partial charge in [-0.05, 0) is 29.7 Å². The molecule has 1 heterocycles. The largest absolute Gasteiger partial charge is 0.459 e. The fraction of sp³-hybridized carbons (Fsp3) is 0.273. The minimum Gasteiger partial charge on any atom is -0.459 e. The lowest BCUT2D eigenvalue weighted by Crippen LogP contribution is -2.40. The minimum absolute atomic E-state index is 0.0475. The Labute approximate surface area is 178 Å². The second kappa shape index (κ2) is 8.10. The Bertz CT molecular complexity index is 1050. The lowest BCUT2D eigenvalue weighted by atomic mass is 9.94. The molecule has 0 unspecified atom stereocenters. The quantitative estimate of drug-likeness (QED) is 0.714. The number of nitrogens with zero attached hydrogens (tertiary/aromatic N) is 1. The van der Waals surface area contributed by atoms with Crippen LogP contribution in [0.5, 0.6) is 0 Å². The molecular weight excluding hydrogens is 402 g/mol. The van der Waals surface area contributed by atoms with Crippen molar-refractivity contribution >= 4 is 29.7 Å². The van der Waals surface area contributed by atoms with Gasteiger partial charge in [-0.25, -0.2) is 14.5 Å². The maximum absolute atomic E-state index is 13.1. The number of nitrogens with one attached hydrogen (secondary N) is 2. The zero-order valence-corrected chi connectivity index (χ0v) is 16.8. The number of rotatable bonds is 5. The Morgan fingerprint density at radius 2 is 1.94 bits per heavy atom. The van der Waals surface area contributed by atoms with Crippen LogP contribution in [0.25, 0.3) is 0 Å². The van der Waals surface area contributed by atoms with Crippen molar-refractivity contribution < 1.29 is 28.7 Å². The van der Waals surface area contributed by atoms with Crippen molar-refractivity contribution in [2.24, 2.45) is 0 Å². The molecule has 2 aromatic carbocycles. The van der Waals surface area contributed by atoms with Gasteiger partial charge in [0.25, 0.3) is 5.91 Å². The van der Waals surface area contributed by atoms with Gasteiger partial charge in [-0.15, -0.1) is 0 Å². The molecule has 1 saturated heterocycles. The minimum atomic E-state index is -1.45. The number of esters is 1. The third-order valence-corrected chi connectivity index (χ3v) is 5.37. The third-order valence-electron chi connectivity index (χ3n) is 5.37. The number of fused-ring (bicyclic) bond motifs is 2. The van der Waals surface area contributed by atoms with E-state index in [0.29, 0.717) is 17.7 Å². The number of anilines is 1. The summed E-state index contributed by atoms with van der Waals surface area (Å²) in [5, 5.41) is 5.13. The summed E-state index contributed by atoms with van der Waals surface area (Å²) in [6.45, 7) is -0.469. The lowest BCUT2D eigenvalue weighted by molar-refractivity contribution is -0.149. The molecular formula is C22H21N3O6. The highest BCUT2D eigenvalue weighted by molar-refractivity contribution is 6.06. The topological polar surface area (TPSA) is 114 Å². The van der Waals surface area contributed by atoms with Crippen molar-refractivity contribution in [1.82, 2.24) is 10.2 Å². The zero-order valence-electron chi connectivity index (χ0n) is 16.8. The van der Waals surface area contributed by atoms with Crippen LogP contribution in [-0.4, -0.2) is 42.5 Å². The van der Waals surface area contributed by atoms with Gasteiger partial charge in [0.2, 0.25) is 5.60 Å². The number of benzene rings is 2. The number of ether oxygens (including phenoxy) is 2. The van der Waals surface area contributed by atoms with Gasteiger partial charge in [0.05, 0.1) is 0 Å². The highest BCUT2D eigenvalue weighted by atomic mass is 16.6. The summed E-state index contributed by atoms with van der Waals surface area (Å²) in [5.41, 5.74) is 1.27. The molecule has 1 fully saturated rings. The summed E-state index contributed by atoms with van der Waals surface area (Å²) >= 11 is 0. The first-order valence-electron chi connectivity index (χ1n) is 9.79. The van der Waals surface area contributed by atoms with E-state index in [4.69, 9.17) is 9.47 Å². The van der Waals surface area contributed by atoms with Crippen LogP contribution >= 0.6 is 0 Å². The summed E-state index contributed by atoms with van der Waals surface area (Å²) in [6.07, 6.45) is -0.113. The molecule has 9 nitrogen and oxygen atoms in total. The number of carbonyl (C=O) groups excluding carboxylic acids is 4. The van der Waals surface area contributed by atoms with Gasteiger partial charge in [0, 0.05) is 24.7 Å². The fourth-order valence-corrected chi connectivity index (χ4v) is 3.84. The van der Waals surface area contributed by atoms with Gasteiger partial charge in [-0.3, -0.25) is 9.59 Å². The molecule has 4 amide bonds. The van der Waals surface area contributed by atoms with Gasteiger partial charge in [-0.2, -0.15) is 0 Å². The number of urea groups is 1. The molecule has 1 aliphatic carbocycles. The highest BCUT2D eigenvalue weighted by Gasteiger charge is 2.58. The second-order valence-electron chi connectivity index (χ2n) is 7.31. The van der Waals surface area contributed by atoms with Gasteiger partial charge in [0.1, 0.15) is 13.2 Å². The van der Waals surface area contributed by atoms with Crippen LogP contribution in [0.2, 0.25) is 0 Å². The number of amides is 4. The van der Waals surface area contributed by atoms with E-state index in [-0.39, 0.29) is 19.1 Å². The first-order valence-corrected chi connectivity index (χ1v) is 9.79. The zero-order chi connectivity index (χ0) is 22.0. The van der Waals surface area contributed by atoms with Crippen LogP contribution in [0, 0.1) is 0 Å². The summed E-state index contributed by atoms with van der Waals surface area (Å²) in [5.74, 6) is -1.28. The van der Waals surface area contributed by atoms with E-state index >= 15 is 0 Å². The lowest BCUT2D eigenvalue weighted by Gasteiger charge is -2.20. The van der Waals surface area contributed by atoms with Crippen molar-refractivity contribution in [2.45, 2.75) is 25.0 Å².